The molecule has 35 heavy (non-hydrogen) atoms. The van der Waals surface area contributed by atoms with Crippen LogP contribution < -0.4 is 4.74 Å². The number of phenolic OH excluding ortho intramolecular Hbond substituents is 1. The van der Waals surface area contributed by atoms with E-state index in [1.54, 1.807) is 12.1 Å². The smallest absolute Gasteiger partial charge is 0.416 e. The number of aromatic hydroxyl groups is 1. The van der Waals surface area contributed by atoms with Gasteiger partial charge >= 0.3 is 12.1 Å². The fraction of sp³-hybridized carbons (Fsp3) is 0.0476. The molecule has 0 heterocycles. The molecular formula is C21H10Br2ClF3N2O6. The monoisotopic (exact) mass is 636 g/mol. The lowest BCUT2D eigenvalue weighted by atomic mass is 10.1. The molecule has 0 saturated heterocycles. The molecule has 8 nitrogen and oxygen atoms in total. The van der Waals surface area contributed by atoms with Crippen molar-refractivity contribution in [3.63, 3.8) is 0 Å². The minimum absolute atomic E-state index is 0.115. The Kier molecular flexibility index (Phi) is 9.08. The molecule has 0 unspecified atom stereocenters. The van der Waals surface area contributed by atoms with E-state index in [2.05, 4.69) is 31.9 Å². The third-order valence-electron chi connectivity index (χ3n) is 4.03. The zero-order valence-electron chi connectivity index (χ0n) is 16.8. The summed E-state index contributed by atoms with van der Waals surface area (Å²) in [6.07, 6.45) is -4.58. The number of rotatable bonds is 4. The van der Waals surface area contributed by atoms with Gasteiger partial charge in [-0.25, -0.2) is 4.79 Å². The number of aromatic carboxylic acids is 1. The van der Waals surface area contributed by atoms with Crippen molar-refractivity contribution in [2.45, 2.75) is 6.18 Å². The summed E-state index contributed by atoms with van der Waals surface area (Å²) >= 11 is 11.9. The highest BCUT2D eigenvalue weighted by molar-refractivity contribution is 9.11. The van der Waals surface area contributed by atoms with Gasteiger partial charge in [-0.3, -0.25) is 10.1 Å². The average molecular weight is 639 g/mol. The summed E-state index contributed by atoms with van der Waals surface area (Å²) in [5.41, 5.74) is -1.75. The lowest BCUT2D eigenvalue weighted by molar-refractivity contribution is -0.385. The van der Waals surface area contributed by atoms with E-state index in [1.807, 2.05) is 6.07 Å². The zero-order valence-corrected chi connectivity index (χ0v) is 20.7. The molecule has 2 N–H and O–H groups in total. The van der Waals surface area contributed by atoms with Crippen molar-refractivity contribution in [1.82, 2.24) is 0 Å². The van der Waals surface area contributed by atoms with Crippen molar-refractivity contribution in [2.75, 3.05) is 0 Å². The van der Waals surface area contributed by atoms with Crippen LogP contribution in [-0.2, 0) is 6.18 Å². The van der Waals surface area contributed by atoms with Crippen LogP contribution in [0.5, 0.6) is 17.2 Å². The molecule has 3 aromatic carbocycles. The summed E-state index contributed by atoms with van der Waals surface area (Å²) in [6, 6.07) is 10.3. The lowest BCUT2D eigenvalue weighted by Crippen LogP contribution is -2.05. The van der Waals surface area contributed by atoms with Gasteiger partial charge in [-0.1, -0.05) is 11.6 Å². The Bertz CT molecular complexity index is 1320. The molecule has 0 bridgehead atoms. The summed E-state index contributed by atoms with van der Waals surface area (Å²) in [6.45, 7) is 0. The molecule has 0 aliphatic rings. The third kappa shape index (κ3) is 7.32. The SMILES string of the molecule is N#Cc1cc(Br)c(O)c(Br)c1.O=C(O)c1cc(Oc2ccc(C(F)(F)F)cc2Cl)ccc1[N+](=O)[O-]. The van der Waals surface area contributed by atoms with Crippen molar-refractivity contribution >= 4 is 55.1 Å². The standard InChI is InChI=1S/C14H7ClF3NO5.C7H3Br2NO/c15-10-5-7(14(16,17)18)1-4-12(10)24-8-2-3-11(19(22)23)9(6-8)13(20)21;8-5-1-4(3-10)2-6(9)7(5)11/h1-6H,(H,20,21);1-2,11H. The van der Waals surface area contributed by atoms with Crippen LogP contribution >= 0.6 is 43.5 Å². The van der Waals surface area contributed by atoms with Gasteiger partial charge in [-0.05, 0) is 68.3 Å². The first-order valence-electron chi connectivity index (χ1n) is 8.89. The van der Waals surface area contributed by atoms with E-state index in [1.165, 1.54) is 0 Å². The van der Waals surface area contributed by atoms with E-state index < -0.39 is 33.9 Å². The first kappa shape index (κ1) is 27.9. The molecule has 0 amide bonds. The highest BCUT2D eigenvalue weighted by Gasteiger charge is 2.31. The van der Waals surface area contributed by atoms with Crippen LogP contribution in [-0.4, -0.2) is 21.1 Å². The molecular weight excluding hydrogens is 628 g/mol. The summed E-state index contributed by atoms with van der Waals surface area (Å²) in [5.74, 6) is -1.72. The Morgan fingerprint density at radius 2 is 1.71 bits per heavy atom. The van der Waals surface area contributed by atoms with E-state index >= 15 is 0 Å². The maximum absolute atomic E-state index is 12.6. The number of alkyl halides is 3. The van der Waals surface area contributed by atoms with Crippen LogP contribution in [0.25, 0.3) is 0 Å². The Morgan fingerprint density at radius 3 is 2.17 bits per heavy atom. The maximum atomic E-state index is 12.6. The van der Waals surface area contributed by atoms with Crippen molar-refractivity contribution in [2.24, 2.45) is 0 Å². The van der Waals surface area contributed by atoms with E-state index in [9.17, 15) is 33.2 Å². The number of benzene rings is 3. The van der Waals surface area contributed by atoms with Gasteiger partial charge in [-0.2, -0.15) is 18.4 Å². The predicted octanol–water partition coefficient (Wildman–Crippen LogP) is 7.55. The number of phenols is 1. The average Bonchev–Trinajstić information content (AvgIpc) is 2.78. The van der Waals surface area contributed by atoms with E-state index in [4.69, 9.17) is 26.7 Å². The van der Waals surface area contributed by atoms with Crippen molar-refractivity contribution in [3.05, 3.63) is 89.3 Å². The molecule has 3 rings (SSSR count). The van der Waals surface area contributed by atoms with Crippen LogP contribution in [0.1, 0.15) is 21.5 Å². The van der Waals surface area contributed by atoms with Crippen LogP contribution in [0.2, 0.25) is 5.02 Å². The highest BCUT2D eigenvalue weighted by atomic mass is 79.9. The van der Waals surface area contributed by atoms with Gasteiger partial charge in [-0.15, -0.1) is 0 Å². The second-order valence-electron chi connectivity index (χ2n) is 6.39. The molecule has 0 radical (unpaired) electrons. The maximum Gasteiger partial charge on any atom is 0.416 e. The molecule has 182 valence electrons. The molecule has 0 atom stereocenters. The Labute approximate surface area is 216 Å². The molecule has 0 aliphatic carbocycles. The van der Waals surface area contributed by atoms with Crippen molar-refractivity contribution in [1.29, 1.82) is 5.26 Å². The van der Waals surface area contributed by atoms with Gasteiger partial charge in [0.05, 0.1) is 36.1 Å². The molecule has 0 aliphatic heterocycles. The second-order valence-corrected chi connectivity index (χ2v) is 8.50. The topological polar surface area (TPSA) is 134 Å². The fourth-order valence-corrected chi connectivity index (χ4v) is 3.83. The Hall–Kier alpha value is -3.34. The van der Waals surface area contributed by atoms with Gasteiger partial charge in [0, 0.05) is 12.1 Å². The van der Waals surface area contributed by atoms with Crippen LogP contribution in [0, 0.1) is 21.4 Å². The summed E-state index contributed by atoms with van der Waals surface area (Å²) in [4.78, 5) is 20.9. The number of carboxylic acids is 1. The largest absolute Gasteiger partial charge is 0.506 e. The summed E-state index contributed by atoms with van der Waals surface area (Å²) in [7, 11) is 0. The number of nitro groups is 1. The molecule has 0 aromatic heterocycles. The summed E-state index contributed by atoms with van der Waals surface area (Å²) < 4.78 is 43.9. The number of carboxylic acid groups (broad SMARTS) is 1. The van der Waals surface area contributed by atoms with E-state index in [0.717, 1.165) is 30.3 Å². The minimum atomic E-state index is -4.58. The number of hydrogen-bond acceptors (Lipinski definition) is 6. The van der Waals surface area contributed by atoms with E-state index in [-0.39, 0.29) is 22.3 Å². The first-order chi connectivity index (χ1) is 16.2. The molecule has 14 heteroatoms. The molecule has 3 aromatic rings. The Balaban J connectivity index is 0.000000328. The zero-order chi connectivity index (χ0) is 26.5. The molecule has 0 saturated carbocycles. The lowest BCUT2D eigenvalue weighted by Gasteiger charge is -2.11. The number of carbonyl (C=O) groups is 1. The number of ether oxygens (including phenoxy) is 1. The summed E-state index contributed by atoms with van der Waals surface area (Å²) in [5, 5.41) is 37.1. The van der Waals surface area contributed by atoms with Crippen molar-refractivity contribution < 1.29 is 37.8 Å². The van der Waals surface area contributed by atoms with Crippen LogP contribution in [0.3, 0.4) is 0 Å². The van der Waals surface area contributed by atoms with Crippen molar-refractivity contribution in [3.8, 4) is 23.3 Å². The van der Waals surface area contributed by atoms with Crippen LogP contribution in [0.15, 0.2) is 57.5 Å². The van der Waals surface area contributed by atoms with Gasteiger partial charge in [0.1, 0.15) is 22.8 Å². The normalized spacial score (nSPS) is 10.5. The van der Waals surface area contributed by atoms with Gasteiger partial charge in [0.25, 0.3) is 5.69 Å². The number of nitrogens with zero attached hydrogens (tertiary/aromatic N) is 2. The first-order valence-corrected chi connectivity index (χ1v) is 10.9. The third-order valence-corrected chi connectivity index (χ3v) is 5.53. The Morgan fingerprint density at radius 1 is 1.11 bits per heavy atom. The van der Waals surface area contributed by atoms with E-state index in [0.29, 0.717) is 20.6 Å². The number of nitriles is 1. The molecule has 0 fully saturated rings. The fourth-order valence-electron chi connectivity index (χ4n) is 2.43. The predicted molar refractivity (Wildman–Crippen MR) is 125 cm³/mol. The molecule has 0 spiro atoms. The van der Waals surface area contributed by atoms with Gasteiger partial charge in [0.2, 0.25) is 0 Å². The van der Waals surface area contributed by atoms with Crippen LogP contribution in [0.4, 0.5) is 18.9 Å². The van der Waals surface area contributed by atoms with Gasteiger partial charge in [0.15, 0.2) is 0 Å². The number of nitro benzene ring substituents is 1. The quantitative estimate of drug-likeness (QED) is 0.223. The number of hydrogen-bond donors (Lipinski definition) is 2. The second kappa shape index (κ2) is 11.4. The van der Waals surface area contributed by atoms with Gasteiger partial charge < -0.3 is 14.9 Å². The minimum Gasteiger partial charge on any atom is -0.506 e. The highest BCUT2D eigenvalue weighted by Crippen LogP contribution is 2.37. The number of halogens is 6.